The highest BCUT2D eigenvalue weighted by Crippen LogP contribution is 2.20. The standard InChI is InChI=1S/C17H25N3/c1-12(2)17(4,11-18)19-10-14-9-13(3)20-16-8-6-5-7-15(14)16/h5-9,12,19H,10-11,18H2,1-4H3. The minimum Gasteiger partial charge on any atom is -0.329 e. The van der Waals surface area contributed by atoms with Gasteiger partial charge in [-0.25, -0.2) is 0 Å². The summed E-state index contributed by atoms with van der Waals surface area (Å²) in [5.41, 5.74) is 9.30. The monoisotopic (exact) mass is 271 g/mol. The van der Waals surface area contributed by atoms with Gasteiger partial charge in [0.1, 0.15) is 0 Å². The number of hydrogen-bond donors (Lipinski definition) is 2. The van der Waals surface area contributed by atoms with Gasteiger partial charge in [0.05, 0.1) is 5.52 Å². The molecule has 2 rings (SSSR count). The number of nitrogens with zero attached hydrogens (tertiary/aromatic N) is 1. The van der Waals surface area contributed by atoms with Crippen molar-refractivity contribution in [3.63, 3.8) is 0 Å². The first-order chi connectivity index (χ1) is 9.46. The van der Waals surface area contributed by atoms with Crippen molar-refractivity contribution >= 4 is 10.9 Å². The van der Waals surface area contributed by atoms with Crippen molar-refractivity contribution in [2.45, 2.75) is 39.8 Å². The Morgan fingerprint density at radius 1 is 1.30 bits per heavy atom. The van der Waals surface area contributed by atoms with E-state index in [1.54, 1.807) is 0 Å². The lowest BCUT2D eigenvalue weighted by Gasteiger charge is -2.34. The van der Waals surface area contributed by atoms with Gasteiger partial charge >= 0.3 is 0 Å². The van der Waals surface area contributed by atoms with E-state index in [0.29, 0.717) is 12.5 Å². The zero-order valence-electron chi connectivity index (χ0n) is 12.9. The number of aromatic nitrogens is 1. The van der Waals surface area contributed by atoms with Crippen LogP contribution in [0.5, 0.6) is 0 Å². The van der Waals surface area contributed by atoms with Gasteiger partial charge in [0.15, 0.2) is 0 Å². The minimum atomic E-state index is -0.0434. The van der Waals surface area contributed by atoms with Gasteiger partial charge < -0.3 is 11.1 Å². The highest BCUT2D eigenvalue weighted by atomic mass is 15.0. The highest BCUT2D eigenvalue weighted by Gasteiger charge is 2.25. The number of rotatable bonds is 5. The van der Waals surface area contributed by atoms with Crippen LogP contribution in [-0.2, 0) is 6.54 Å². The second-order valence-corrected chi connectivity index (χ2v) is 6.07. The van der Waals surface area contributed by atoms with Crippen LogP contribution in [0.4, 0.5) is 0 Å². The number of nitrogens with one attached hydrogen (secondary N) is 1. The van der Waals surface area contributed by atoms with Crippen LogP contribution in [0.3, 0.4) is 0 Å². The van der Waals surface area contributed by atoms with Crippen molar-refractivity contribution in [3.8, 4) is 0 Å². The van der Waals surface area contributed by atoms with Crippen molar-refractivity contribution < 1.29 is 0 Å². The molecule has 0 radical (unpaired) electrons. The second-order valence-electron chi connectivity index (χ2n) is 6.07. The topological polar surface area (TPSA) is 50.9 Å². The molecule has 1 aromatic carbocycles. The first kappa shape index (κ1) is 14.9. The Balaban J connectivity index is 2.30. The summed E-state index contributed by atoms with van der Waals surface area (Å²) in [6.07, 6.45) is 0. The van der Waals surface area contributed by atoms with Crippen molar-refractivity contribution in [2.24, 2.45) is 11.7 Å². The fraction of sp³-hybridized carbons (Fsp3) is 0.471. The van der Waals surface area contributed by atoms with E-state index in [1.807, 2.05) is 13.0 Å². The lowest BCUT2D eigenvalue weighted by Crippen LogP contribution is -2.52. The molecule has 3 heteroatoms. The summed E-state index contributed by atoms with van der Waals surface area (Å²) in [5.74, 6) is 0.488. The molecule has 0 bridgehead atoms. The molecule has 0 fully saturated rings. The number of benzene rings is 1. The number of hydrogen-bond acceptors (Lipinski definition) is 3. The molecule has 1 heterocycles. The fourth-order valence-corrected chi connectivity index (χ4v) is 2.35. The van der Waals surface area contributed by atoms with Gasteiger partial charge in [-0.05, 0) is 37.5 Å². The van der Waals surface area contributed by atoms with Crippen LogP contribution in [0.15, 0.2) is 30.3 Å². The lowest BCUT2D eigenvalue weighted by molar-refractivity contribution is 0.267. The van der Waals surface area contributed by atoms with Crippen LogP contribution in [-0.4, -0.2) is 17.1 Å². The van der Waals surface area contributed by atoms with Crippen molar-refractivity contribution in [1.29, 1.82) is 0 Å². The van der Waals surface area contributed by atoms with Gasteiger partial charge in [0.2, 0.25) is 0 Å². The summed E-state index contributed by atoms with van der Waals surface area (Å²) in [6, 6.07) is 10.5. The maximum Gasteiger partial charge on any atom is 0.0708 e. The molecule has 0 saturated carbocycles. The molecular formula is C17H25N3. The van der Waals surface area contributed by atoms with E-state index in [4.69, 9.17) is 5.73 Å². The third-order valence-electron chi connectivity index (χ3n) is 4.31. The summed E-state index contributed by atoms with van der Waals surface area (Å²) >= 11 is 0. The van der Waals surface area contributed by atoms with E-state index < -0.39 is 0 Å². The number of nitrogens with two attached hydrogens (primary N) is 1. The van der Waals surface area contributed by atoms with E-state index in [1.165, 1.54) is 10.9 Å². The van der Waals surface area contributed by atoms with Gasteiger partial charge in [-0.1, -0.05) is 32.0 Å². The highest BCUT2D eigenvalue weighted by molar-refractivity contribution is 5.82. The summed E-state index contributed by atoms with van der Waals surface area (Å²) in [7, 11) is 0. The Hall–Kier alpha value is -1.45. The molecule has 0 saturated heterocycles. The largest absolute Gasteiger partial charge is 0.329 e. The smallest absolute Gasteiger partial charge is 0.0708 e. The van der Waals surface area contributed by atoms with Crippen LogP contribution >= 0.6 is 0 Å². The van der Waals surface area contributed by atoms with E-state index in [-0.39, 0.29) is 5.54 Å². The molecule has 1 atom stereocenters. The zero-order valence-corrected chi connectivity index (χ0v) is 12.9. The van der Waals surface area contributed by atoms with Gasteiger partial charge in [-0.3, -0.25) is 4.98 Å². The van der Waals surface area contributed by atoms with Crippen molar-refractivity contribution in [3.05, 3.63) is 41.6 Å². The predicted octanol–water partition coefficient (Wildman–Crippen LogP) is 3.01. The van der Waals surface area contributed by atoms with Gasteiger partial charge in [0.25, 0.3) is 0 Å². The Morgan fingerprint density at radius 2 is 2.00 bits per heavy atom. The quantitative estimate of drug-likeness (QED) is 0.879. The molecule has 0 aliphatic carbocycles. The van der Waals surface area contributed by atoms with E-state index >= 15 is 0 Å². The van der Waals surface area contributed by atoms with E-state index in [0.717, 1.165) is 17.8 Å². The number of fused-ring (bicyclic) bond motifs is 1. The Labute approximate surface area is 121 Å². The minimum absolute atomic E-state index is 0.0434. The molecular weight excluding hydrogens is 246 g/mol. The molecule has 2 aromatic rings. The molecule has 3 N–H and O–H groups in total. The summed E-state index contributed by atoms with van der Waals surface area (Å²) in [6.45, 7) is 10.1. The fourth-order valence-electron chi connectivity index (χ4n) is 2.35. The first-order valence-corrected chi connectivity index (χ1v) is 7.26. The Kier molecular flexibility index (Phi) is 4.41. The number of pyridine rings is 1. The Morgan fingerprint density at radius 3 is 2.65 bits per heavy atom. The van der Waals surface area contributed by atoms with Crippen LogP contribution in [0, 0.1) is 12.8 Å². The van der Waals surface area contributed by atoms with Gasteiger partial charge in [-0.2, -0.15) is 0 Å². The average molecular weight is 271 g/mol. The lowest BCUT2D eigenvalue weighted by atomic mass is 9.88. The maximum absolute atomic E-state index is 5.94. The zero-order chi connectivity index (χ0) is 14.8. The molecule has 1 aromatic heterocycles. The molecule has 1 unspecified atom stereocenters. The third kappa shape index (κ3) is 3.00. The van der Waals surface area contributed by atoms with Crippen LogP contribution in [0.2, 0.25) is 0 Å². The summed E-state index contributed by atoms with van der Waals surface area (Å²) in [4.78, 5) is 4.58. The normalized spacial score (nSPS) is 14.7. The Bertz CT molecular complexity index is 592. The number of aryl methyl sites for hydroxylation is 1. The van der Waals surface area contributed by atoms with E-state index in [9.17, 15) is 0 Å². The van der Waals surface area contributed by atoms with Gasteiger partial charge in [-0.15, -0.1) is 0 Å². The molecule has 0 spiro atoms. The van der Waals surface area contributed by atoms with Crippen molar-refractivity contribution in [1.82, 2.24) is 10.3 Å². The molecule has 108 valence electrons. The van der Waals surface area contributed by atoms with Gasteiger partial charge in [0, 0.05) is 29.7 Å². The summed E-state index contributed by atoms with van der Waals surface area (Å²) < 4.78 is 0. The summed E-state index contributed by atoms with van der Waals surface area (Å²) in [5, 5.41) is 4.84. The maximum atomic E-state index is 5.94. The molecule has 20 heavy (non-hydrogen) atoms. The average Bonchev–Trinajstić information content (AvgIpc) is 2.44. The van der Waals surface area contributed by atoms with E-state index in [2.05, 4.69) is 55.3 Å². The van der Waals surface area contributed by atoms with Crippen LogP contribution in [0.1, 0.15) is 32.0 Å². The molecule has 0 aliphatic rings. The molecule has 0 amide bonds. The predicted molar refractivity (Wildman–Crippen MR) is 85.6 cm³/mol. The number of para-hydroxylation sites is 1. The van der Waals surface area contributed by atoms with Crippen LogP contribution < -0.4 is 11.1 Å². The second kappa shape index (κ2) is 5.90. The molecule has 3 nitrogen and oxygen atoms in total. The first-order valence-electron chi connectivity index (χ1n) is 7.26. The third-order valence-corrected chi connectivity index (χ3v) is 4.31. The SMILES string of the molecule is Cc1cc(CNC(C)(CN)C(C)C)c2ccccc2n1. The van der Waals surface area contributed by atoms with Crippen LogP contribution in [0.25, 0.3) is 10.9 Å². The van der Waals surface area contributed by atoms with Crippen molar-refractivity contribution in [2.75, 3.05) is 6.54 Å². The molecule has 0 aliphatic heterocycles.